The Morgan fingerprint density at radius 1 is 0.820 bits per heavy atom. The van der Waals surface area contributed by atoms with E-state index in [1.165, 1.54) is 12.1 Å². The summed E-state index contributed by atoms with van der Waals surface area (Å²) in [5.41, 5.74) is 4.19. The van der Waals surface area contributed by atoms with E-state index in [4.69, 9.17) is 20.0 Å². The number of hydrogen-bond acceptors (Lipinski definition) is 14. The number of nitrogens with zero attached hydrogens (tertiary/aromatic N) is 2. The molecule has 0 aliphatic carbocycles. The summed E-state index contributed by atoms with van der Waals surface area (Å²) in [5, 5.41) is 33.8. The van der Waals surface area contributed by atoms with Crippen LogP contribution in [0.1, 0.15) is 96.1 Å². The lowest BCUT2D eigenvalue weighted by Crippen LogP contribution is -2.31. The number of carboxylic acid groups (broad SMARTS) is 1. The second-order valence-corrected chi connectivity index (χ2v) is 19.6. The van der Waals surface area contributed by atoms with Crippen molar-refractivity contribution < 1.29 is 69.7 Å². The quantitative estimate of drug-likeness (QED) is 0.0107. The van der Waals surface area contributed by atoms with Crippen molar-refractivity contribution in [3.05, 3.63) is 95.8 Å². The molecule has 16 nitrogen and oxygen atoms in total. The van der Waals surface area contributed by atoms with Crippen molar-refractivity contribution in [2.24, 2.45) is 0 Å². The number of carbonyl (C=O) groups is 1. The molecule has 0 saturated heterocycles. The highest BCUT2D eigenvalue weighted by Crippen LogP contribution is 2.51. The number of fused-ring (bicyclic) bond motifs is 2. The van der Waals surface area contributed by atoms with Gasteiger partial charge in [0.2, 0.25) is 5.69 Å². The maximum absolute atomic E-state index is 12.2. The van der Waals surface area contributed by atoms with E-state index in [0.29, 0.717) is 56.5 Å². The summed E-state index contributed by atoms with van der Waals surface area (Å²) in [6.07, 6.45) is 18.7. The average molecular weight is 928 g/mol. The van der Waals surface area contributed by atoms with Gasteiger partial charge in [-0.1, -0.05) is 59.7 Å². The number of unbranched alkanes of at least 4 members (excludes halogenated alkanes) is 4. The predicted octanol–water partition coefficient (Wildman–Crippen LogP) is 9.01. The Bertz CT molecular complexity index is 2210. The van der Waals surface area contributed by atoms with Gasteiger partial charge in [-0.3, -0.25) is 13.9 Å². The zero-order valence-electron chi connectivity index (χ0n) is 34.3. The van der Waals surface area contributed by atoms with Crippen LogP contribution >= 0.6 is 24.1 Å². The van der Waals surface area contributed by atoms with E-state index >= 15 is 0 Å². The summed E-state index contributed by atoms with van der Waals surface area (Å²) in [6, 6.07) is 10.4. The van der Waals surface area contributed by atoms with Gasteiger partial charge in [0.25, 0.3) is 20.2 Å². The van der Waals surface area contributed by atoms with Crippen LogP contribution in [0, 0.1) is 0 Å². The average Bonchev–Trinajstić information content (AvgIpc) is 3.58. The monoisotopic (exact) mass is 927 g/mol. The molecule has 2 unspecified atom stereocenters. The van der Waals surface area contributed by atoms with Crippen LogP contribution in [0.15, 0.2) is 94.4 Å². The van der Waals surface area contributed by atoms with Gasteiger partial charge in [-0.2, -0.15) is 21.4 Å². The molecule has 2 aliphatic heterocycles. The van der Waals surface area contributed by atoms with Crippen LogP contribution in [0.5, 0.6) is 0 Å². The first-order valence-corrected chi connectivity index (χ1v) is 24.5. The highest BCUT2D eigenvalue weighted by Gasteiger charge is 2.47. The van der Waals surface area contributed by atoms with Gasteiger partial charge in [0, 0.05) is 70.2 Å². The lowest BCUT2D eigenvalue weighted by molar-refractivity contribution is -0.433. The minimum atomic E-state index is -4.54. The van der Waals surface area contributed by atoms with Gasteiger partial charge in [-0.05, 0) is 101 Å². The van der Waals surface area contributed by atoms with Crippen LogP contribution in [0.3, 0.4) is 0 Å². The summed E-state index contributed by atoms with van der Waals surface area (Å²) < 4.78 is 78.3. The Morgan fingerprint density at radius 3 is 2.21 bits per heavy atom. The number of benzene rings is 2. The lowest BCUT2D eigenvalue weighted by atomic mass is 9.75. The molecule has 2 aromatic rings. The van der Waals surface area contributed by atoms with Crippen molar-refractivity contribution in [2.75, 3.05) is 29.5 Å². The summed E-state index contributed by atoms with van der Waals surface area (Å²) >= 11 is 1.91. The zero-order chi connectivity index (χ0) is 44.7. The molecule has 2 aromatic carbocycles. The number of anilines is 1. The molecule has 20 heteroatoms. The van der Waals surface area contributed by atoms with Crippen LogP contribution in [0.4, 0.5) is 11.4 Å². The van der Waals surface area contributed by atoms with E-state index in [2.05, 4.69) is 43.8 Å². The summed E-state index contributed by atoms with van der Waals surface area (Å²) in [6.45, 7) is 7.41. The molecule has 336 valence electrons. The van der Waals surface area contributed by atoms with Gasteiger partial charge in [0.05, 0.1) is 28.1 Å². The topological polar surface area (TPSA) is 230 Å². The van der Waals surface area contributed by atoms with Gasteiger partial charge in [-0.25, -0.2) is 10.5 Å². The molecular weight excluding hydrogens is 873 g/mol. The molecule has 0 fully saturated rings. The van der Waals surface area contributed by atoms with Crippen molar-refractivity contribution in [3.8, 4) is 0 Å². The first-order chi connectivity index (χ1) is 29.0. The highest BCUT2D eigenvalue weighted by atomic mass is 32.2. The molecule has 0 aromatic heterocycles. The largest absolute Gasteiger partial charge is 0.481 e. The van der Waals surface area contributed by atoms with Crippen LogP contribution in [-0.4, -0.2) is 82.4 Å². The molecule has 5 N–H and O–H groups in total. The lowest BCUT2D eigenvalue weighted by Gasteiger charge is -2.30. The third-order valence-corrected chi connectivity index (χ3v) is 13.8. The van der Waals surface area contributed by atoms with Gasteiger partial charge in [0.15, 0.2) is 5.71 Å². The second-order valence-electron chi connectivity index (χ2n) is 15.1. The second kappa shape index (κ2) is 23.3. The molecule has 0 saturated carbocycles. The predicted molar refractivity (Wildman–Crippen MR) is 234 cm³/mol. The van der Waals surface area contributed by atoms with E-state index in [9.17, 15) is 30.7 Å². The Hall–Kier alpha value is -3.38. The Morgan fingerprint density at radius 2 is 1.52 bits per heavy atom. The molecule has 2 atom stereocenters. The summed E-state index contributed by atoms with van der Waals surface area (Å²) in [4.78, 5) is 13.7. The maximum atomic E-state index is 12.2. The first-order valence-electron chi connectivity index (χ1n) is 19.8. The van der Waals surface area contributed by atoms with Crippen molar-refractivity contribution in [2.45, 2.75) is 106 Å². The van der Waals surface area contributed by atoms with E-state index < -0.39 is 42.8 Å². The fourth-order valence-electron chi connectivity index (χ4n) is 8.10. The van der Waals surface area contributed by atoms with Gasteiger partial charge >= 0.3 is 5.97 Å². The highest BCUT2D eigenvalue weighted by molar-refractivity contribution is 7.94. The molecule has 0 spiro atoms. The first kappa shape index (κ1) is 50.3. The van der Waals surface area contributed by atoms with Crippen molar-refractivity contribution in [3.63, 3.8) is 0 Å². The number of rotatable bonds is 27. The Kier molecular flexibility index (Phi) is 19.2. The fraction of sp³-hybridized carbons (Fsp3) is 0.463. The van der Waals surface area contributed by atoms with Gasteiger partial charge in [0.1, 0.15) is 6.54 Å². The summed E-state index contributed by atoms with van der Waals surface area (Å²) in [5.74, 6) is -0.678. The third-order valence-electron chi connectivity index (χ3n) is 11.0. The molecule has 2 heterocycles. The summed E-state index contributed by atoms with van der Waals surface area (Å²) in [7, 11) is -8.73. The SMILES string of the molecule is CC[N+]1=C(/C=C/C=C/C=C/C=C2/N(CCCCCC(=O)O)c3ccc(S(=O)(=O)O)cc3C2(C)CCCCS(=O)(=O)O)C(C)(CCCCSOOO)c2cc(SOOO)ccc21. The maximum Gasteiger partial charge on any atom is 0.303 e. The normalized spacial score (nSPS) is 20.0. The Labute approximate surface area is 366 Å². The van der Waals surface area contributed by atoms with E-state index in [1.807, 2.05) is 61.6 Å². The van der Waals surface area contributed by atoms with Crippen molar-refractivity contribution in [1.82, 2.24) is 0 Å². The molecule has 2 aliphatic rings. The zero-order valence-corrected chi connectivity index (χ0v) is 37.6. The van der Waals surface area contributed by atoms with E-state index in [-0.39, 0.29) is 17.7 Å². The Balaban J connectivity index is 1.65. The minimum absolute atomic E-state index is 0.0437. The molecule has 0 amide bonds. The fourth-order valence-corrected chi connectivity index (χ4v) is 10.0. The van der Waals surface area contributed by atoms with Crippen LogP contribution in [0.25, 0.3) is 0 Å². The van der Waals surface area contributed by atoms with Crippen molar-refractivity contribution >= 4 is 67.4 Å². The molecule has 0 bridgehead atoms. The number of carboxylic acids is 1. The van der Waals surface area contributed by atoms with Crippen LogP contribution in [0.2, 0.25) is 0 Å². The van der Waals surface area contributed by atoms with Crippen molar-refractivity contribution in [1.29, 1.82) is 0 Å². The number of allylic oxidation sites excluding steroid dienone is 8. The van der Waals surface area contributed by atoms with E-state index in [1.54, 1.807) is 6.07 Å². The molecular formula is C41H55N2O14S4+. The number of hydrogen-bond donors (Lipinski definition) is 5. The van der Waals surface area contributed by atoms with Crippen LogP contribution < -0.4 is 4.90 Å². The van der Waals surface area contributed by atoms with Crippen LogP contribution in [-0.2, 0) is 54.6 Å². The molecule has 0 radical (unpaired) electrons. The standard InChI is InChI=1S/C41H54N2O14S4/c1-4-42-35-22-20-31(59-57-55-47)29-33(35)40(2,24-12-15-27-58-56-54-46)37(42)17-9-6-5-7-10-18-38-41(3,25-13-16-28-60(48,49)50)34-30-32(61(51,52)53)21-23-36(34)43(38)26-14-8-11-19-39(44)45/h5-7,9-10,17-18,20-23,29-30H,4,8,11-16,19,24-28H2,1-3H3,(H4-,44,45,46,47,48,49,50,51,52,53)/p+1. The molecule has 4 rings (SSSR count). The third kappa shape index (κ3) is 13.8. The number of aliphatic carboxylic acids is 1. The minimum Gasteiger partial charge on any atom is -0.481 e. The molecule has 61 heavy (non-hydrogen) atoms. The smallest absolute Gasteiger partial charge is 0.303 e. The van der Waals surface area contributed by atoms with E-state index in [0.717, 1.165) is 76.6 Å². The van der Waals surface area contributed by atoms with Gasteiger partial charge < -0.3 is 10.0 Å². The van der Waals surface area contributed by atoms with Gasteiger partial charge in [-0.15, -0.1) is 8.67 Å².